The normalized spacial score (nSPS) is 19.5. The number of halogens is 2. The fourth-order valence-electron chi connectivity index (χ4n) is 4.27. The summed E-state index contributed by atoms with van der Waals surface area (Å²) in [6, 6.07) is 10.0. The van der Waals surface area contributed by atoms with Crippen molar-refractivity contribution < 1.29 is 13.3 Å². The summed E-state index contributed by atoms with van der Waals surface area (Å²) in [6.45, 7) is 1.57. The molecule has 5 rings (SSSR count). The topological polar surface area (TPSA) is 46.1 Å². The zero-order valence-corrected chi connectivity index (χ0v) is 16.9. The van der Waals surface area contributed by atoms with Gasteiger partial charge in [0, 0.05) is 54.0 Å². The number of hydrogen-bond acceptors (Lipinski definition) is 4. The van der Waals surface area contributed by atoms with E-state index in [9.17, 15) is 13.3 Å². The quantitative estimate of drug-likeness (QED) is 0.608. The van der Waals surface area contributed by atoms with E-state index in [1.54, 1.807) is 18.2 Å². The van der Waals surface area contributed by atoms with Crippen molar-refractivity contribution in [3.05, 3.63) is 65.5 Å². The third-order valence-electron chi connectivity index (χ3n) is 6.08. The lowest BCUT2D eigenvalue weighted by Gasteiger charge is -2.32. The highest BCUT2D eigenvalue weighted by molar-refractivity contribution is 7.71. The molecule has 0 spiro atoms. The van der Waals surface area contributed by atoms with Crippen LogP contribution in [-0.4, -0.2) is 46.6 Å². The highest BCUT2D eigenvalue weighted by Crippen LogP contribution is 2.48. The van der Waals surface area contributed by atoms with Crippen LogP contribution in [0.15, 0.2) is 42.6 Å². The lowest BCUT2D eigenvalue weighted by Crippen LogP contribution is -2.38. The van der Waals surface area contributed by atoms with Crippen LogP contribution in [0, 0.1) is 11.6 Å². The predicted molar refractivity (Wildman–Crippen MR) is 110 cm³/mol. The van der Waals surface area contributed by atoms with Gasteiger partial charge in [-0.1, -0.05) is 6.07 Å². The molecule has 0 amide bonds. The second-order valence-electron chi connectivity index (χ2n) is 8.09. The predicted octanol–water partition coefficient (Wildman–Crippen LogP) is 3.97. The number of rotatable bonds is 4. The molecule has 3 aromatic rings. The Labute approximate surface area is 168 Å². The molecule has 0 bridgehead atoms. The van der Waals surface area contributed by atoms with Gasteiger partial charge in [-0.25, -0.2) is 8.78 Å². The zero-order chi connectivity index (χ0) is 20.0. The van der Waals surface area contributed by atoms with E-state index in [1.165, 1.54) is 37.2 Å². The molecule has 0 radical (unpaired) electrons. The molecule has 2 heterocycles. The molecule has 2 aliphatic rings. The van der Waals surface area contributed by atoms with Gasteiger partial charge in [0.15, 0.2) is 0 Å². The number of benzene rings is 2. The minimum atomic E-state index is -2.74. The second kappa shape index (κ2) is 7.26. The monoisotopic (exact) mass is 413 g/mol. The fraction of sp³-hybridized carbons (Fsp3) is 0.364. The Bertz CT molecular complexity index is 1120. The molecule has 1 aliphatic carbocycles. The molecule has 1 saturated carbocycles. The molecule has 1 aromatic heterocycles. The van der Waals surface area contributed by atoms with Gasteiger partial charge in [0.1, 0.15) is 18.8 Å². The number of hydrogen-bond donors (Lipinski definition) is 0. The van der Waals surface area contributed by atoms with Crippen LogP contribution in [-0.2, 0) is 11.0 Å². The minimum absolute atomic E-state index is 0.323. The molecule has 1 aliphatic heterocycles. The molecule has 150 valence electrons. The SMILES string of the molecule is O=P1(c2cc(Cc3nncc4cc(F)ccc34)ccc2F)CCN(C2CC2)CC1. The molecule has 2 aromatic carbocycles. The number of fused-ring (bicyclic) bond motifs is 1. The molecule has 1 saturated heterocycles. The van der Waals surface area contributed by atoms with Crippen LogP contribution in [0.2, 0.25) is 0 Å². The van der Waals surface area contributed by atoms with Gasteiger partial charge in [-0.2, -0.15) is 10.2 Å². The summed E-state index contributed by atoms with van der Waals surface area (Å²) in [7, 11) is -2.74. The van der Waals surface area contributed by atoms with E-state index in [0.717, 1.165) is 24.0 Å². The van der Waals surface area contributed by atoms with Crippen molar-refractivity contribution in [3.8, 4) is 0 Å². The lowest BCUT2D eigenvalue weighted by atomic mass is 10.0. The van der Waals surface area contributed by atoms with Gasteiger partial charge in [-0.15, -0.1) is 0 Å². The molecular weight excluding hydrogens is 391 g/mol. The van der Waals surface area contributed by atoms with Crippen LogP contribution >= 0.6 is 7.14 Å². The Hall–Kier alpha value is -2.17. The van der Waals surface area contributed by atoms with Crippen molar-refractivity contribution in [2.75, 3.05) is 25.4 Å². The van der Waals surface area contributed by atoms with Crippen LogP contribution < -0.4 is 5.30 Å². The van der Waals surface area contributed by atoms with Gasteiger partial charge in [0.05, 0.1) is 11.9 Å². The minimum Gasteiger partial charge on any atom is -0.318 e. The maximum absolute atomic E-state index is 14.6. The van der Waals surface area contributed by atoms with E-state index >= 15 is 0 Å². The molecule has 0 unspecified atom stereocenters. The zero-order valence-electron chi connectivity index (χ0n) is 16.0. The Morgan fingerprint density at radius 3 is 2.62 bits per heavy atom. The summed E-state index contributed by atoms with van der Waals surface area (Å²) in [5.41, 5.74) is 1.54. The van der Waals surface area contributed by atoms with Crippen molar-refractivity contribution in [3.63, 3.8) is 0 Å². The summed E-state index contributed by atoms with van der Waals surface area (Å²) in [5, 5.41) is 10.0. The fourth-order valence-corrected chi connectivity index (χ4v) is 7.00. The first-order valence-corrected chi connectivity index (χ1v) is 12.1. The third kappa shape index (κ3) is 3.72. The van der Waals surface area contributed by atoms with Gasteiger partial charge in [-0.05, 0) is 48.7 Å². The standard InChI is InChI=1S/C22H22F2N3OP/c23-17-2-5-19-16(13-17)14-25-26-21(19)11-15-1-6-20(24)22(12-15)29(28)9-7-27(8-10-29)18-3-4-18/h1-2,5-6,12-14,18H,3-4,7-11H2. The van der Waals surface area contributed by atoms with Crippen LogP contribution in [0.5, 0.6) is 0 Å². The summed E-state index contributed by atoms with van der Waals surface area (Å²) in [5.74, 6) is -0.709. The number of nitrogens with zero attached hydrogens (tertiary/aromatic N) is 3. The van der Waals surface area contributed by atoms with Gasteiger partial charge < -0.3 is 4.57 Å². The highest BCUT2D eigenvalue weighted by atomic mass is 31.2. The highest BCUT2D eigenvalue weighted by Gasteiger charge is 2.38. The summed E-state index contributed by atoms with van der Waals surface area (Å²) in [4.78, 5) is 2.39. The maximum atomic E-state index is 14.6. The molecule has 29 heavy (non-hydrogen) atoms. The Kier molecular flexibility index (Phi) is 4.72. The molecule has 2 fully saturated rings. The van der Waals surface area contributed by atoms with Gasteiger partial charge in [0.2, 0.25) is 0 Å². The van der Waals surface area contributed by atoms with Crippen LogP contribution in [0.25, 0.3) is 10.8 Å². The van der Waals surface area contributed by atoms with Crippen LogP contribution in [0.1, 0.15) is 24.1 Å². The van der Waals surface area contributed by atoms with Crippen molar-refractivity contribution in [1.29, 1.82) is 0 Å². The van der Waals surface area contributed by atoms with E-state index < -0.39 is 7.14 Å². The molecular formula is C22H22F2N3OP. The van der Waals surface area contributed by atoms with Gasteiger partial charge in [-0.3, -0.25) is 4.90 Å². The summed E-state index contributed by atoms with van der Waals surface area (Å²) in [6.07, 6.45) is 5.49. The average Bonchev–Trinajstić information content (AvgIpc) is 3.55. The smallest absolute Gasteiger partial charge is 0.133 e. The van der Waals surface area contributed by atoms with E-state index in [-0.39, 0.29) is 11.6 Å². The maximum Gasteiger partial charge on any atom is 0.133 e. The van der Waals surface area contributed by atoms with Gasteiger partial charge in [0.25, 0.3) is 0 Å². The first kappa shape index (κ1) is 18.8. The molecule has 4 nitrogen and oxygen atoms in total. The Balaban J connectivity index is 1.44. The van der Waals surface area contributed by atoms with Crippen molar-refractivity contribution in [1.82, 2.24) is 15.1 Å². The van der Waals surface area contributed by atoms with E-state index in [4.69, 9.17) is 0 Å². The average molecular weight is 413 g/mol. The third-order valence-corrected chi connectivity index (χ3v) is 9.15. The molecule has 0 N–H and O–H groups in total. The first-order valence-electron chi connectivity index (χ1n) is 10.0. The van der Waals surface area contributed by atoms with Crippen molar-refractivity contribution >= 4 is 23.2 Å². The van der Waals surface area contributed by atoms with E-state index in [0.29, 0.717) is 41.2 Å². The van der Waals surface area contributed by atoms with Gasteiger partial charge >= 0.3 is 0 Å². The van der Waals surface area contributed by atoms with Crippen molar-refractivity contribution in [2.24, 2.45) is 0 Å². The second-order valence-corrected chi connectivity index (χ2v) is 11.2. The number of aromatic nitrogens is 2. The van der Waals surface area contributed by atoms with E-state index in [2.05, 4.69) is 15.1 Å². The van der Waals surface area contributed by atoms with Crippen LogP contribution in [0.3, 0.4) is 0 Å². The van der Waals surface area contributed by atoms with E-state index in [1.807, 2.05) is 0 Å². The largest absolute Gasteiger partial charge is 0.318 e. The summed E-state index contributed by atoms with van der Waals surface area (Å²) >= 11 is 0. The lowest BCUT2D eigenvalue weighted by molar-refractivity contribution is 0.285. The Morgan fingerprint density at radius 2 is 1.86 bits per heavy atom. The summed E-state index contributed by atoms with van der Waals surface area (Å²) < 4.78 is 41.7. The molecule has 0 atom stereocenters. The Morgan fingerprint density at radius 1 is 1.07 bits per heavy atom. The van der Waals surface area contributed by atoms with Crippen LogP contribution in [0.4, 0.5) is 8.78 Å². The molecule has 7 heteroatoms. The first-order chi connectivity index (χ1) is 14.0. The van der Waals surface area contributed by atoms with Crippen molar-refractivity contribution in [2.45, 2.75) is 25.3 Å².